The Kier molecular flexibility index (Phi) is 3.63. The van der Waals surface area contributed by atoms with E-state index in [9.17, 15) is 13.5 Å². The molecule has 22 heavy (non-hydrogen) atoms. The molecule has 0 fully saturated rings. The Morgan fingerprint density at radius 3 is 2.95 bits per heavy atom. The van der Waals surface area contributed by atoms with Crippen LogP contribution in [-0.2, 0) is 16.6 Å². The van der Waals surface area contributed by atoms with Gasteiger partial charge in [-0.25, -0.2) is 12.4 Å². The number of aliphatic hydroxyl groups is 1. The summed E-state index contributed by atoms with van der Waals surface area (Å²) in [6.07, 6.45) is 6.86. The van der Waals surface area contributed by atoms with Crippen molar-refractivity contribution >= 4 is 32.7 Å². The first-order valence-electron chi connectivity index (χ1n) is 6.75. The summed E-state index contributed by atoms with van der Waals surface area (Å²) in [6.45, 7) is 1.23. The maximum Gasteiger partial charge on any atom is 0.248 e. The largest absolute Gasteiger partial charge is 0.390 e. The van der Waals surface area contributed by atoms with Crippen molar-refractivity contribution in [2.75, 3.05) is 0 Å². The molecule has 1 aliphatic carbocycles. The van der Waals surface area contributed by atoms with Gasteiger partial charge in [0.1, 0.15) is 4.75 Å². The van der Waals surface area contributed by atoms with Crippen LogP contribution < -0.4 is 0 Å². The lowest BCUT2D eigenvalue weighted by atomic mass is 10.0. The molecule has 3 rings (SSSR count). The fourth-order valence-electron chi connectivity index (χ4n) is 2.65. The zero-order chi connectivity index (χ0) is 16.0. The van der Waals surface area contributed by atoms with Crippen LogP contribution in [0.5, 0.6) is 0 Å². The normalized spacial score (nSPS) is 22.0. The molecule has 1 N–H and O–H groups in total. The molecule has 1 aliphatic rings. The van der Waals surface area contributed by atoms with Gasteiger partial charge in [0.15, 0.2) is 0 Å². The van der Waals surface area contributed by atoms with Gasteiger partial charge in [-0.2, -0.15) is 0 Å². The first-order chi connectivity index (χ1) is 10.4. The van der Waals surface area contributed by atoms with E-state index < -0.39 is 14.8 Å². The number of fused-ring (bicyclic) bond motifs is 1. The highest BCUT2D eigenvalue weighted by Gasteiger charge is 2.40. The lowest BCUT2D eigenvalue weighted by molar-refractivity contribution is 0.276. The van der Waals surface area contributed by atoms with E-state index in [1.165, 1.54) is 10.0 Å². The van der Waals surface area contributed by atoms with E-state index in [1.54, 1.807) is 43.5 Å². The van der Waals surface area contributed by atoms with E-state index in [4.69, 9.17) is 11.6 Å². The summed E-state index contributed by atoms with van der Waals surface area (Å²) in [5, 5.41) is 9.94. The van der Waals surface area contributed by atoms with Crippen LogP contribution in [0.3, 0.4) is 0 Å². The van der Waals surface area contributed by atoms with E-state index in [0.29, 0.717) is 22.5 Å². The molecule has 116 valence electrons. The fourth-order valence-corrected chi connectivity index (χ4v) is 4.88. The predicted octanol–water partition coefficient (Wildman–Crippen LogP) is 2.55. The topological polar surface area (TPSA) is 72.2 Å². The number of aromatic nitrogens is 2. The Morgan fingerprint density at radius 2 is 2.27 bits per heavy atom. The van der Waals surface area contributed by atoms with E-state index in [2.05, 4.69) is 4.98 Å². The first kappa shape index (κ1) is 15.3. The van der Waals surface area contributed by atoms with Crippen LogP contribution in [0.2, 0.25) is 0 Å². The van der Waals surface area contributed by atoms with E-state index in [-0.39, 0.29) is 12.3 Å². The fraction of sp³-hybridized carbons (Fsp3) is 0.267. The minimum Gasteiger partial charge on any atom is -0.390 e. The van der Waals surface area contributed by atoms with Gasteiger partial charge in [0.2, 0.25) is 10.0 Å². The molecule has 0 bridgehead atoms. The molecule has 5 nitrogen and oxygen atoms in total. The van der Waals surface area contributed by atoms with E-state index in [0.717, 1.165) is 0 Å². The van der Waals surface area contributed by atoms with Gasteiger partial charge in [-0.15, -0.1) is 0 Å². The summed E-state index contributed by atoms with van der Waals surface area (Å²) in [6, 6.07) is 4.92. The molecule has 2 aromatic rings. The van der Waals surface area contributed by atoms with E-state index in [1.807, 2.05) is 0 Å². The molecule has 2 aromatic heterocycles. The Morgan fingerprint density at radius 1 is 1.50 bits per heavy atom. The molecule has 0 spiro atoms. The molecule has 2 heterocycles. The van der Waals surface area contributed by atoms with Crippen molar-refractivity contribution in [1.82, 2.24) is 8.96 Å². The number of hydrogen-bond donors (Lipinski definition) is 1. The maximum absolute atomic E-state index is 13.2. The van der Waals surface area contributed by atoms with E-state index >= 15 is 0 Å². The Hall–Kier alpha value is -1.63. The highest BCUT2D eigenvalue weighted by atomic mass is 35.5. The van der Waals surface area contributed by atoms with Crippen LogP contribution in [0, 0.1) is 0 Å². The second kappa shape index (κ2) is 5.22. The number of hydrogen-bond acceptors (Lipinski definition) is 4. The standard InChI is InChI=1S/C15H15ClN2O3S/c1-15(6-2-4-11(16)9-15)22(20,21)18-12(10-19)8-13-14(18)5-3-7-17-13/h2-5,7-9,19H,6,10H2,1H3. The minimum absolute atomic E-state index is 0.286. The molecule has 0 aliphatic heterocycles. The highest BCUT2D eigenvalue weighted by Crippen LogP contribution is 2.34. The van der Waals surface area contributed by atoms with Crippen LogP contribution in [0.4, 0.5) is 0 Å². The van der Waals surface area contributed by atoms with Gasteiger partial charge in [0.25, 0.3) is 0 Å². The van der Waals surface area contributed by atoms with Gasteiger partial charge in [0.05, 0.1) is 23.3 Å². The Balaban J connectivity index is 2.28. The molecular formula is C15H15ClN2O3S. The minimum atomic E-state index is -3.82. The van der Waals surface area contributed by atoms with Gasteiger partial charge in [-0.1, -0.05) is 17.7 Å². The lowest BCUT2D eigenvalue weighted by Crippen LogP contribution is -2.39. The molecule has 1 unspecified atom stereocenters. The van der Waals surface area contributed by atoms with Crippen molar-refractivity contribution in [1.29, 1.82) is 0 Å². The SMILES string of the molecule is CC1(S(=O)(=O)n2c(CO)cc3ncccc32)C=C(Cl)C=CC1. The molecule has 0 aromatic carbocycles. The third-order valence-corrected chi connectivity index (χ3v) is 6.44. The summed E-state index contributed by atoms with van der Waals surface area (Å²) < 4.78 is 26.4. The van der Waals surface area contributed by atoms with Gasteiger partial charge in [-0.3, -0.25) is 4.98 Å². The van der Waals surface area contributed by atoms with Crippen molar-refractivity contribution in [3.05, 3.63) is 53.4 Å². The van der Waals surface area contributed by atoms with Crippen LogP contribution in [0.25, 0.3) is 11.0 Å². The number of rotatable bonds is 3. The zero-order valence-corrected chi connectivity index (χ0v) is 13.5. The quantitative estimate of drug-likeness (QED) is 0.933. The average molecular weight is 339 g/mol. The van der Waals surface area contributed by atoms with Crippen LogP contribution in [0.15, 0.2) is 47.7 Å². The van der Waals surface area contributed by atoms with Crippen LogP contribution >= 0.6 is 11.6 Å². The monoisotopic (exact) mass is 338 g/mol. The van der Waals surface area contributed by atoms with Crippen LogP contribution in [0.1, 0.15) is 19.0 Å². The Bertz CT molecular complexity index is 899. The summed E-state index contributed by atoms with van der Waals surface area (Å²) in [5.41, 5.74) is 1.26. The number of halogens is 1. The lowest BCUT2D eigenvalue weighted by Gasteiger charge is -2.28. The number of aliphatic hydroxyl groups excluding tert-OH is 1. The molecule has 0 amide bonds. The number of allylic oxidation sites excluding steroid dienone is 3. The molecule has 0 saturated carbocycles. The van der Waals surface area contributed by atoms with Crippen molar-refractivity contribution in [3.8, 4) is 0 Å². The van der Waals surface area contributed by atoms with Crippen molar-refractivity contribution in [2.45, 2.75) is 24.7 Å². The van der Waals surface area contributed by atoms with Gasteiger partial charge >= 0.3 is 0 Å². The summed E-state index contributed by atoms with van der Waals surface area (Å²) in [7, 11) is -3.82. The summed E-state index contributed by atoms with van der Waals surface area (Å²) >= 11 is 6.00. The second-order valence-electron chi connectivity index (χ2n) is 5.42. The highest BCUT2D eigenvalue weighted by molar-refractivity contribution is 7.91. The molecule has 0 radical (unpaired) electrons. The third kappa shape index (κ3) is 2.18. The van der Waals surface area contributed by atoms with Crippen molar-refractivity contribution in [2.24, 2.45) is 0 Å². The van der Waals surface area contributed by atoms with Gasteiger partial charge < -0.3 is 5.11 Å². The molecular weight excluding hydrogens is 324 g/mol. The van der Waals surface area contributed by atoms with Gasteiger partial charge in [-0.05, 0) is 43.7 Å². The van der Waals surface area contributed by atoms with Gasteiger partial charge in [0, 0.05) is 11.2 Å². The molecule has 7 heteroatoms. The Labute approximate surface area is 133 Å². The maximum atomic E-state index is 13.2. The summed E-state index contributed by atoms with van der Waals surface area (Å²) in [5.74, 6) is 0. The molecule has 1 atom stereocenters. The first-order valence-corrected chi connectivity index (χ1v) is 8.57. The second-order valence-corrected chi connectivity index (χ2v) is 8.10. The zero-order valence-electron chi connectivity index (χ0n) is 11.9. The average Bonchev–Trinajstić information content (AvgIpc) is 2.85. The third-order valence-electron chi connectivity index (χ3n) is 3.83. The summed E-state index contributed by atoms with van der Waals surface area (Å²) in [4.78, 5) is 4.15. The van der Waals surface area contributed by atoms with Crippen molar-refractivity contribution < 1.29 is 13.5 Å². The van der Waals surface area contributed by atoms with Crippen LogP contribution in [-0.4, -0.2) is 27.2 Å². The predicted molar refractivity (Wildman–Crippen MR) is 86.1 cm³/mol. The smallest absolute Gasteiger partial charge is 0.248 e. The number of nitrogens with zero attached hydrogens (tertiary/aromatic N) is 2. The molecule has 0 saturated heterocycles. The van der Waals surface area contributed by atoms with Crippen molar-refractivity contribution in [3.63, 3.8) is 0 Å². The number of pyridine rings is 1.